The Kier molecular flexibility index (Phi) is 2.33. The van der Waals surface area contributed by atoms with Gasteiger partial charge < -0.3 is 4.78 Å². The predicted octanol–water partition coefficient (Wildman–Crippen LogP) is 2.02. The summed E-state index contributed by atoms with van der Waals surface area (Å²) in [5.41, 5.74) is 1.16. The molecular formula is C7H7NS. The van der Waals surface area contributed by atoms with Gasteiger partial charge in [0.05, 0.1) is 11.6 Å². The second-order valence-electron chi connectivity index (χ2n) is 1.76. The SMILES string of the molecule is [N-]=[S+]Cc1ccccc1. The molecule has 0 aliphatic heterocycles. The highest BCUT2D eigenvalue weighted by atomic mass is 32.1. The first-order chi connectivity index (χ1) is 4.43. The van der Waals surface area contributed by atoms with E-state index in [9.17, 15) is 0 Å². The van der Waals surface area contributed by atoms with Crippen molar-refractivity contribution in [3.8, 4) is 0 Å². The Morgan fingerprint density at radius 1 is 1.22 bits per heavy atom. The fourth-order valence-corrected chi connectivity index (χ4v) is 0.990. The molecule has 0 unspecified atom stereocenters. The van der Waals surface area contributed by atoms with E-state index >= 15 is 0 Å². The molecule has 1 nitrogen and oxygen atoms in total. The molecule has 0 saturated carbocycles. The number of hydrogen-bond donors (Lipinski definition) is 0. The van der Waals surface area contributed by atoms with Crippen LogP contribution in [0.3, 0.4) is 0 Å². The molecule has 0 bridgehead atoms. The number of benzene rings is 1. The molecule has 0 aliphatic rings. The lowest BCUT2D eigenvalue weighted by atomic mass is 10.2. The van der Waals surface area contributed by atoms with Crippen LogP contribution in [0.15, 0.2) is 30.3 Å². The van der Waals surface area contributed by atoms with E-state index in [1.165, 1.54) is 0 Å². The highest BCUT2D eigenvalue weighted by Crippen LogP contribution is 1.97. The summed E-state index contributed by atoms with van der Waals surface area (Å²) in [5.74, 6) is 0.681. The minimum atomic E-state index is 0.681. The molecule has 9 heavy (non-hydrogen) atoms. The summed E-state index contributed by atoms with van der Waals surface area (Å²) in [7, 11) is 0. The van der Waals surface area contributed by atoms with Crippen LogP contribution in [0.1, 0.15) is 5.56 Å². The van der Waals surface area contributed by atoms with E-state index < -0.39 is 0 Å². The van der Waals surface area contributed by atoms with E-state index in [1.54, 1.807) is 0 Å². The molecule has 0 aliphatic carbocycles. The lowest BCUT2D eigenvalue weighted by Gasteiger charge is -1.85. The molecule has 0 atom stereocenters. The second-order valence-corrected chi connectivity index (χ2v) is 2.31. The van der Waals surface area contributed by atoms with Crippen LogP contribution in [0.4, 0.5) is 0 Å². The van der Waals surface area contributed by atoms with Gasteiger partial charge in [-0.3, -0.25) is 0 Å². The van der Waals surface area contributed by atoms with Crippen molar-refractivity contribution in [2.24, 2.45) is 0 Å². The van der Waals surface area contributed by atoms with Crippen molar-refractivity contribution < 1.29 is 0 Å². The minimum absolute atomic E-state index is 0.681. The Labute approximate surface area is 58.6 Å². The fourth-order valence-electron chi connectivity index (χ4n) is 0.649. The summed E-state index contributed by atoms with van der Waals surface area (Å²) < 4.78 is 8.44. The van der Waals surface area contributed by atoms with E-state index in [-0.39, 0.29) is 0 Å². The van der Waals surface area contributed by atoms with Gasteiger partial charge in [0.1, 0.15) is 0 Å². The lowest BCUT2D eigenvalue weighted by molar-refractivity contribution is 1.42. The summed E-state index contributed by atoms with van der Waals surface area (Å²) in [6.45, 7) is 0. The van der Waals surface area contributed by atoms with Crippen LogP contribution in [0, 0.1) is 0 Å². The van der Waals surface area contributed by atoms with Crippen molar-refractivity contribution in [3.05, 3.63) is 40.7 Å². The van der Waals surface area contributed by atoms with Crippen LogP contribution in [-0.2, 0) is 17.3 Å². The maximum absolute atomic E-state index is 8.44. The Bertz CT molecular complexity index is 183. The van der Waals surface area contributed by atoms with Gasteiger partial charge in [0.15, 0.2) is 5.75 Å². The third kappa shape index (κ3) is 1.90. The normalized spacial score (nSPS) is 8.89. The molecule has 2 heteroatoms. The third-order valence-corrected chi connectivity index (χ3v) is 1.54. The Morgan fingerprint density at radius 3 is 2.44 bits per heavy atom. The number of nitrogens with zero attached hydrogens (tertiary/aromatic N) is 1. The quantitative estimate of drug-likeness (QED) is 0.556. The van der Waals surface area contributed by atoms with Crippen LogP contribution in [-0.4, -0.2) is 0 Å². The van der Waals surface area contributed by atoms with Crippen LogP contribution in [0.5, 0.6) is 0 Å². The van der Waals surface area contributed by atoms with Gasteiger partial charge in [-0.25, -0.2) is 0 Å². The topological polar surface area (TPSA) is 22.3 Å². The maximum atomic E-state index is 8.44. The van der Waals surface area contributed by atoms with E-state index in [0.29, 0.717) is 5.75 Å². The van der Waals surface area contributed by atoms with E-state index in [0.717, 1.165) is 17.1 Å². The average Bonchev–Trinajstić information content (AvgIpc) is 1.91. The molecule has 0 spiro atoms. The van der Waals surface area contributed by atoms with E-state index in [2.05, 4.69) is 0 Å². The molecule has 1 aromatic rings. The fraction of sp³-hybridized carbons (Fsp3) is 0.143. The van der Waals surface area contributed by atoms with Crippen molar-refractivity contribution in [1.29, 1.82) is 0 Å². The largest absolute Gasteiger partial charge is 0.495 e. The molecule has 0 radical (unpaired) electrons. The van der Waals surface area contributed by atoms with Gasteiger partial charge in [0.25, 0.3) is 0 Å². The van der Waals surface area contributed by atoms with Crippen molar-refractivity contribution in [2.45, 2.75) is 5.75 Å². The average molecular weight is 137 g/mol. The van der Waals surface area contributed by atoms with Gasteiger partial charge in [0.2, 0.25) is 0 Å². The molecule has 1 rings (SSSR count). The Balaban J connectivity index is 2.72. The van der Waals surface area contributed by atoms with Crippen LogP contribution < -0.4 is 0 Å². The standard InChI is InChI=1S/C7H7NS/c8-9-6-7-4-2-1-3-5-7/h1-5H,6H2. The second kappa shape index (κ2) is 3.30. The van der Waals surface area contributed by atoms with Gasteiger partial charge in [-0.2, -0.15) is 0 Å². The summed E-state index contributed by atoms with van der Waals surface area (Å²) >= 11 is 0.855. The highest BCUT2D eigenvalue weighted by molar-refractivity contribution is 7.68. The first-order valence-corrected chi connectivity index (χ1v) is 3.68. The number of rotatable bonds is 2. The maximum Gasteiger partial charge on any atom is 0.186 e. The molecule has 0 saturated heterocycles. The summed E-state index contributed by atoms with van der Waals surface area (Å²) in [6, 6.07) is 9.87. The molecule has 46 valence electrons. The van der Waals surface area contributed by atoms with E-state index in [4.69, 9.17) is 4.78 Å². The van der Waals surface area contributed by atoms with Crippen molar-refractivity contribution in [3.63, 3.8) is 0 Å². The predicted molar refractivity (Wildman–Crippen MR) is 40.9 cm³/mol. The summed E-state index contributed by atoms with van der Waals surface area (Å²) in [5, 5.41) is 0. The zero-order valence-corrected chi connectivity index (χ0v) is 5.77. The smallest absolute Gasteiger partial charge is 0.186 e. The van der Waals surface area contributed by atoms with Crippen LogP contribution >= 0.6 is 0 Å². The molecule has 0 heterocycles. The van der Waals surface area contributed by atoms with Gasteiger partial charge in [-0.15, -0.1) is 0 Å². The number of hydrogen-bond acceptors (Lipinski definition) is 0. The van der Waals surface area contributed by atoms with Gasteiger partial charge >= 0.3 is 0 Å². The van der Waals surface area contributed by atoms with Crippen LogP contribution in [0.25, 0.3) is 4.78 Å². The van der Waals surface area contributed by atoms with Crippen molar-refractivity contribution in [2.75, 3.05) is 0 Å². The van der Waals surface area contributed by atoms with Gasteiger partial charge in [0, 0.05) is 5.56 Å². The molecule has 0 fully saturated rings. The van der Waals surface area contributed by atoms with Crippen molar-refractivity contribution >= 4 is 11.6 Å². The zero-order chi connectivity index (χ0) is 6.53. The highest BCUT2D eigenvalue weighted by Gasteiger charge is 1.89. The first kappa shape index (κ1) is 6.36. The van der Waals surface area contributed by atoms with Crippen molar-refractivity contribution in [1.82, 2.24) is 0 Å². The van der Waals surface area contributed by atoms with Crippen LogP contribution in [0.2, 0.25) is 0 Å². The van der Waals surface area contributed by atoms with Gasteiger partial charge in [-0.1, -0.05) is 30.3 Å². The molecule has 0 aromatic heterocycles. The summed E-state index contributed by atoms with van der Waals surface area (Å²) in [4.78, 5) is 0. The lowest BCUT2D eigenvalue weighted by Crippen LogP contribution is -1.77. The molecule has 0 N–H and O–H groups in total. The Morgan fingerprint density at radius 2 is 1.89 bits per heavy atom. The van der Waals surface area contributed by atoms with E-state index in [1.807, 2.05) is 30.3 Å². The first-order valence-electron chi connectivity index (χ1n) is 2.74. The monoisotopic (exact) mass is 137 g/mol. The Hall–Kier alpha value is -0.760. The molecule has 1 aromatic carbocycles. The minimum Gasteiger partial charge on any atom is -0.495 e. The van der Waals surface area contributed by atoms with Gasteiger partial charge in [-0.05, 0) is 0 Å². The summed E-state index contributed by atoms with van der Waals surface area (Å²) in [6.07, 6.45) is 0. The molecular weight excluding hydrogens is 130 g/mol. The zero-order valence-electron chi connectivity index (χ0n) is 4.95. The molecule has 0 amide bonds. The third-order valence-electron chi connectivity index (χ3n) is 1.07.